The molecule has 0 unspecified atom stereocenters. The number of pyridine rings is 1. The topological polar surface area (TPSA) is 62.2 Å². The van der Waals surface area contributed by atoms with E-state index in [9.17, 15) is 9.90 Å². The standard InChI is InChI=1S/C21H22N2O2/c1-13(2)21(25)17-11-22-19-15(12-24)8-6-9-16(19)20(17)23-18-10-5-4-7-14(18)3/h4-11,13,24H,12H2,1-3H3,(H,22,23). The number of carbonyl (C=O) groups excluding carboxylic acids is 1. The van der Waals surface area contributed by atoms with E-state index in [4.69, 9.17) is 0 Å². The molecule has 3 aromatic rings. The zero-order valence-electron chi connectivity index (χ0n) is 14.7. The summed E-state index contributed by atoms with van der Waals surface area (Å²) in [5, 5.41) is 13.9. The fourth-order valence-electron chi connectivity index (χ4n) is 2.89. The van der Waals surface area contributed by atoms with Crippen LogP contribution >= 0.6 is 0 Å². The molecule has 0 amide bonds. The number of hydrogen-bond acceptors (Lipinski definition) is 4. The molecule has 128 valence electrons. The number of carbonyl (C=O) groups is 1. The van der Waals surface area contributed by atoms with E-state index in [2.05, 4.69) is 10.3 Å². The average molecular weight is 334 g/mol. The molecule has 0 spiro atoms. The van der Waals surface area contributed by atoms with Gasteiger partial charge in [0, 0.05) is 28.8 Å². The van der Waals surface area contributed by atoms with Crippen molar-refractivity contribution in [2.24, 2.45) is 5.92 Å². The Morgan fingerprint density at radius 2 is 1.92 bits per heavy atom. The summed E-state index contributed by atoms with van der Waals surface area (Å²) in [6.45, 7) is 5.70. The summed E-state index contributed by atoms with van der Waals surface area (Å²) in [7, 11) is 0. The first kappa shape index (κ1) is 17.1. The van der Waals surface area contributed by atoms with Gasteiger partial charge in [0.15, 0.2) is 5.78 Å². The average Bonchev–Trinajstić information content (AvgIpc) is 2.62. The maximum atomic E-state index is 12.7. The molecule has 0 aliphatic carbocycles. The highest BCUT2D eigenvalue weighted by molar-refractivity contribution is 6.10. The number of rotatable bonds is 5. The number of aliphatic hydroxyl groups excluding tert-OH is 1. The fourth-order valence-corrected chi connectivity index (χ4v) is 2.89. The number of aromatic nitrogens is 1. The van der Waals surface area contributed by atoms with E-state index < -0.39 is 0 Å². The van der Waals surface area contributed by atoms with Gasteiger partial charge in [-0.25, -0.2) is 0 Å². The third-order valence-corrected chi connectivity index (χ3v) is 4.35. The quantitative estimate of drug-likeness (QED) is 0.669. The zero-order valence-corrected chi connectivity index (χ0v) is 14.7. The Balaban J connectivity index is 2.26. The Kier molecular flexibility index (Phi) is 4.81. The van der Waals surface area contributed by atoms with E-state index in [-0.39, 0.29) is 18.3 Å². The minimum atomic E-state index is -0.127. The van der Waals surface area contributed by atoms with Gasteiger partial charge in [0.05, 0.1) is 23.4 Å². The van der Waals surface area contributed by atoms with Crippen molar-refractivity contribution in [2.45, 2.75) is 27.4 Å². The Morgan fingerprint density at radius 1 is 1.16 bits per heavy atom. The number of hydrogen-bond donors (Lipinski definition) is 2. The summed E-state index contributed by atoms with van der Waals surface area (Å²) in [6, 6.07) is 13.6. The molecule has 3 rings (SSSR count). The molecule has 0 fully saturated rings. The van der Waals surface area contributed by atoms with Crippen LogP contribution in [0.5, 0.6) is 0 Å². The lowest BCUT2D eigenvalue weighted by molar-refractivity contribution is 0.0940. The van der Waals surface area contributed by atoms with E-state index >= 15 is 0 Å². The van der Waals surface area contributed by atoms with Gasteiger partial charge in [-0.15, -0.1) is 0 Å². The summed E-state index contributed by atoms with van der Waals surface area (Å²) in [6.07, 6.45) is 1.62. The molecule has 0 saturated heterocycles. The van der Waals surface area contributed by atoms with Gasteiger partial charge in [-0.2, -0.15) is 0 Å². The molecular weight excluding hydrogens is 312 g/mol. The zero-order chi connectivity index (χ0) is 18.0. The number of nitrogens with one attached hydrogen (secondary N) is 1. The Bertz CT molecular complexity index is 932. The molecule has 4 nitrogen and oxygen atoms in total. The third kappa shape index (κ3) is 3.26. The van der Waals surface area contributed by atoms with Gasteiger partial charge < -0.3 is 10.4 Å². The molecule has 0 radical (unpaired) electrons. The number of aryl methyl sites for hydroxylation is 1. The lowest BCUT2D eigenvalue weighted by Gasteiger charge is -2.17. The van der Waals surface area contributed by atoms with Crippen LogP contribution in [-0.4, -0.2) is 15.9 Å². The molecule has 2 N–H and O–H groups in total. The van der Waals surface area contributed by atoms with Gasteiger partial charge in [0.2, 0.25) is 0 Å². The first-order chi connectivity index (χ1) is 12.0. The Hall–Kier alpha value is -2.72. The van der Waals surface area contributed by atoms with Crippen molar-refractivity contribution >= 4 is 28.1 Å². The van der Waals surface area contributed by atoms with E-state index in [1.54, 1.807) is 6.20 Å². The summed E-state index contributed by atoms with van der Waals surface area (Å²) < 4.78 is 0. The van der Waals surface area contributed by atoms with Crippen molar-refractivity contribution in [3.63, 3.8) is 0 Å². The van der Waals surface area contributed by atoms with Gasteiger partial charge in [-0.1, -0.05) is 50.2 Å². The number of anilines is 2. The molecule has 4 heteroatoms. The van der Waals surface area contributed by atoms with Crippen LogP contribution in [-0.2, 0) is 6.61 Å². The minimum Gasteiger partial charge on any atom is -0.392 e. The van der Waals surface area contributed by atoms with Crippen LogP contribution in [0.25, 0.3) is 10.9 Å². The summed E-state index contributed by atoms with van der Waals surface area (Å²) in [5.74, 6) is -0.0856. The van der Waals surface area contributed by atoms with E-state index in [1.807, 2.05) is 63.2 Å². The Labute approximate surface area is 147 Å². The predicted octanol–water partition coefficient (Wildman–Crippen LogP) is 4.62. The van der Waals surface area contributed by atoms with Gasteiger partial charge in [0.25, 0.3) is 0 Å². The second kappa shape index (κ2) is 7.03. The first-order valence-corrected chi connectivity index (χ1v) is 8.41. The molecule has 1 heterocycles. The summed E-state index contributed by atoms with van der Waals surface area (Å²) in [5.41, 5.74) is 4.81. The second-order valence-corrected chi connectivity index (χ2v) is 6.48. The first-order valence-electron chi connectivity index (χ1n) is 8.41. The van der Waals surface area contributed by atoms with Crippen LogP contribution in [0.4, 0.5) is 11.4 Å². The summed E-state index contributed by atoms with van der Waals surface area (Å²) >= 11 is 0. The van der Waals surface area contributed by atoms with Crippen LogP contribution in [0.3, 0.4) is 0 Å². The molecular formula is C21H22N2O2. The van der Waals surface area contributed by atoms with Crippen LogP contribution in [0.2, 0.25) is 0 Å². The van der Waals surface area contributed by atoms with Gasteiger partial charge in [-0.3, -0.25) is 9.78 Å². The normalized spacial score (nSPS) is 11.1. The van der Waals surface area contributed by atoms with Crippen molar-refractivity contribution < 1.29 is 9.90 Å². The number of benzene rings is 2. The van der Waals surface area contributed by atoms with Crippen molar-refractivity contribution in [2.75, 3.05) is 5.32 Å². The summed E-state index contributed by atoms with van der Waals surface area (Å²) in [4.78, 5) is 17.2. The van der Waals surface area contributed by atoms with E-state index in [0.29, 0.717) is 11.1 Å². The molecule has 0 bridgehead atoms. The minimum absolute atomic E-state index is 0.0416. The molecule has 0 aliphatic heterocycles. The van der Waals surface area contributed by atoms with Crippen molar-refractivity contribution in [3.05, 3.63) is 65.4 Å². The number of Topliss-reactive ketones (excluding diaryl/α,β-unsaturated/α-hetero) is 1. The molecule has 2 aromatic carbocycles. The van der Waals surface area contributed by atoms with Crippen molar-refractivity contribution in [1.82, 2.24) is 4.98 Å². The van der Waals surface area contributed by atoms with E-state index in [1.165, 1.54) is 0 Å². The molecule has 25 heavy (non-hydrogen) atoms. The highest BCUT2D eigenvalue weighted by Gasteiger charge is 2.19. The SMILES string of the molecule is Cc1ccccc1Nc1c(C(=O)C(C)C)cnc2c(CO)cccc12. The number of aliphatic hydroxyl groups is 1. The van der Waals surface area contributed by atoms with Gasteiger partial charge in [-0.05, 0) is 18.6 Å². The number of ketones is 1. The van der Waals surface area contributed by atoms with Crippen molar-refractivity contribution in [3.8, 4) is 0 Å². The molecule has 1 aromatic heterocycles. The van der Waals surface area contributed by atoms with Crippen LogP contribution in [0.1, 0.15) is 35.3 Å². The van der Waals surface area contributed by atoms with Gasteiger partial charge in [0.1, 0.15) is 0 Å². The highest BCUT2D eigenvalue weighted by atomic mass is 16.3. The second-order valence-electron chi connectivity index (χ2n) is 6.48. The lowest BCUT2D eigenvalue weighted by atomic mass is 9.97. The molecule has 0 aliphatic rings. The monoisotopic (exact) mass is 334 g/mol. The smallest absolute Gasteiger partial charge is 0.169 e. The number of fused-ring (bicyclic) bond motifs is 1. The van der Waals surface area contributed by atoms with Gasteiger partial charge >= 0.3 is 0 Å². The molecule has 0 atom stereocenters. The largest absolute Gasteiger partial charge is 0.392 e. The predicted molar refractivity (Wildman–Crippen MR) is 101 cm³/mol. The van der Waals surface area contributed by atoms with Crippen molar-refractivity contribution in [1.29, 1.82) is 0 Å². The van der Waals surface area contributed by atoms with Crippen LogP contribution in [0, 0.1) is 12.8 Å². The maximum absolute atomic E-state index is 12.7. The fraction of sp³-hybridized carbons (Fsp3) is 0.238. The van der Waals surface area contributed by atoms with E-state index in [0.717, 1.165) is 27.9 Å². The van der Waals surface area contributed by atoms with Crippen LogP contribution < -0.4 is 5.32 Å². The highest BCUT2D eigenvalue weighted by Crippen LogP contribution is 2.33. The number of nitrogens with zero attached hydrogens (tertiary/aromatic N) is 1. The van der Waals surface area contributed by atoms with Crippen LogP contribution in [0.15, 0.2) is 48.7 Å². The Morgan fingerprint density at radius 3 is 2.60 bits per heavy atom. The number of para-hydroxylation sites is 2. The third-order valence-electron chi connectivity index (χ3n) is 4.35. The maximum Gasteiger partial charge on any atom is 0.169 e. The molecule has 0 saturated carbocycles. The lowest BCUT2D eigenvalue weighted by Crippen LogP contribution is -2.12.